The van der Waals surface area contributed by atoms with Crippen LogP contribution in [0.5, 0.6) is 0 Å². The van der Waals surface area contributed by atoms with Gasteiger partial charge in [-0.2, -0.15) is 0 Å². The zero-order valence-corrected chi connectivity index (χ0v) is 14.7. The molecule has 0 saturated heterocycles. The highest BCUT2D eigenvalue weighted by molar-refractivity contribution is 6.33. The molecule has 1 aromatic carbocycles. The number of halogens is 2. The fraction of sp³-hybridized carbons (Fsp3) is 0.176. The van der Waals surface area contributed by atoms with Crippen LogP contribution in [-0.4, -0.2) is 38.5 Å². The molecule has 3 rings (SSSR count). The highest BCUT2D eigenvalue weighted by atomic mass is 35.5. The van der Waals surface area contributed by atoms with E-state index >= 15 is 0 Å². The Kier molecular flexibility index (Phi) is 5.43. The summed E-state index contributed by atoms with van der Waals surface area (Å²) in [7, 11) is 0. The van der Waals surface area contributed by atoms with Gasteiger partial charge in [-0.05, 0) is 25.1 Å². The van der Waals surface area contributed by atoms with Crippen LogP contribution in [0.25, 0.3) is 5.82 Å². The largest absolute Gasteiger partial charge is 0.368 e. The Morgan fingerprint density at radius 3 is 2.81 bits per heavy atom. The van der Waals surface area contributed by atoms with Crippen LogP contribution < -0.4 is 10.6 Å². The molecule has 0 aliphatic carbocycles. The second-order valence-electron chi connectivity index (χ2n) is 5.41. The molecule has 0 bridgehead atoms. The molecule has 0 unspecified atom stereocenters. The molecule has 3 aromatic rings. The first-order chi connectivity index (χ1) is 12.5. The van der Waals surface area contributed by atoms with Crippen molar-refractivity contribution >= 4 is 23.3 Å². The second kappa shape index (κ2) is 7.92. The van der Waals surface area contributed by atoms with E-state index in [0.29, 0.717) is 24.7 Å². The van der Waals surface area contributed by atoms with Gasteiger partial charge in [0.05, 0.1) is 10.6 Å². The zero-order valence-electron chi connectivity index (χ0n) is 13.9. The Labute approximate surface area is 154 Å². The van der Waals surface area contributed by atoms with Crippen LogP contribution >= 0.6 is 11.6 Å². The Morgan fingerprint density at radius 1 is 1.23 bits per heavy atom. The van der Waals surface area contributed by atoms with Crippen molar-refractivity contribution in [2.75, 3.05) is 18.4 Å². The summed E-state index contributed by atoms with van der Waals surface area (Å²) in [5.41, 5.74) is 0.230. The molecule has 0 atom stereocenters. The van der Waals surface area contributed by atoms with Crippen molar-refractivity contribution in [3.63, 3.8) is 0 Å². The molecule has 2 N–H and O–H groups in total. The molecule has 1 amide bonds. The molecule has 2 aromatic heterocycles. The molecule has 7 nitrogen and oxygen atoms in total. The number of carbonyl (C=O) groups excluding carboxylic acids is 1. The predicted octanol–water partition coefficient (Wildman–Crippen LogP) is 2.61. The van der Waals surface area contributed by atoms with Crippen molar-refractivity contribution in [3.8, 4) is 5.82 Å². The van der Waals surface area contributed by atoms with E-state index in [-0.39, 0.29) is 16.5 Å². The number of rotatable bonds is 6. The maximum Gasteiger partial charge on any atom is 0.252 e. The average molecular weight is 375 g/mol. The van der Waals surface area contributed by atoms with Crippen LogP contribution in [0, 0.1) is 12.7 Å². The van der Waals surface area contributed by atoms with E-state index < -0.39 is 5.82 Å². The van der Waals surface area contributed by atoms with Gasteiger partial charge < -0.3 is 10.6 Å². The molecule has 134 valence electrons. The number of carbonyl (C=O) groups is 1. The predicted molar refractivity (Wildman–Crippen MR) is 96.1 cm³/mol. The number of nitrogens with one attached hydrogen (secondary N) is 2. The lowest BCUT2D eigenvalue weighted by atomic mass is 10.2. The highest BCUT2D eigenvalue weighted by Gasteiger charge is 2.10. The lowest BCUT2D eigenvalue weighted by Crippen LogP contribution is -2.29. The normalized spacial score (nSPS) is 10.6. The lowest BCUT2D eigenvalue weighted by molar-refractivity contribution is 0.0955. The molecule has 26 heavy (non-hydrogen) atoms. The molecule has 9 heteroatoms. The van der Waals surface area contributed by atoms with Gasteiger partial charge in [-0.1, -0.05) is 11.6 Å². The summed E-state index contributed by atoms with van der Waals surface area (Å²) < 4.78 is 14.9. The van der Waals surface area contributed by atoms with Crippen molar-refractivity contribution in [3.05, 3.63) is 65.2 Å². The standard InChI is InChI=1S/C17H16ClFN6O/c1-11-20-6-7-25(11)16-9-15(23-10-24-16)21-4-5-22-17(26)13-3-2-12(19)8-14(13)18/h2-3,6-10H,4-5H2,1H3,(H,22,26)(H,21,23,24). The van der Waals surface area contributed by atoms with E-state index in [2.05, 4.69) is 25.6 Å². The quantitative estimate of drug-likeness (QED) is 0.648. The van der Waals surface area contributed by atoms with Crippen LogP contribution in [0.2, 0.25) is 5.02 Å². The maximum atomic E-state index is 13.0. The van der Waals surface area contributed by atoms with E-state index in [4.69, 9.17) is 11.6 Å². The van der Waals surface area contributed by atoms with Crippen LogP contribution in [0.4, 0.5) is 10.2 Å². The molecule has 2 heterocycles. The van der Waals surface area contributed by atoms with E-state index in [1.54, 1.807) is 12.3 Å². The summed E-state index contributed by atoms with van der Waals surface area (Å²) in [6, 6.07) is 5.44. The van der Waals surface area contributed by atoms with Crippen molar-refractivity contribution in [1.29, 1.82) is 0 Å². The monoisotopic (exact) mass is 374 g/mol. The second-order valence-corrected chi connectivity index (χ2v) is 5.82. The summed E-state index contributed by atoms with van der Waals surface area (Å²) in [6.45, 7) is 2.67. The van der Waals surface area contributed by atoms with Gasteiger partial charge >= 0.3 is 0 Å². The first-order valence-electron chi connectivity index (χ1n) is 7.84. The highest BCUT2D eigenvalue weighted by Crippen LogP contribution is 2.17. The lowest BCUT2D eigenvalue weighted by Gasteiger charge is -2.10. The average Bonchev–Trinajstić information content (AvgIpc) is 3.05. The molecule has 0 radical (unpaired) electrons. The van der Waals surface area contributed by atoms with E-state index in [1.165, 1.54) is 18.5 Å². The maximum absolute atomic E-state index is 13.0. The zero-order chi connectivity index (χ0) is 18.5. The van der Waals surface area contributed by atoms with Crippen molar-refractivity contribution in [2.45, 2.75) is 6.92 Å². The van der Waals surface area contributed by atoms with Gasteiger partial charge in [0.1, 0.15) is 29.6 Å². The van der Waals surface area contributed by atoms with Crippen LogP contribution in [0.3, 0.4) is 0 Å². The Hall–Kier alpha value is -3.00. The van der Waals surface area contributed by atoms with Gasteiger partial charge in [0.15, 0.2) is 0 Å². The molecule has 0 fully saturated rings. The minimum absolute atomic E-state index is 0.0756. The van der Waals surface area contributed by atoms with Crippen molar-refractivity contribution in [1.82, 2.24) is 24.8 Å². The smallest absolute Gasteiger partial charge is 0.252 e. The van der Waals surface area contributed by atoms with Gasteiger partial charge in [-0.15, -0.1) is 0 Å². The minimum atomic E-state index is -0.485. The summed E-state index contributed by atoms with van der Waals surface area (Å²) >= 11 is 5.87. The first-order valence-corrected chi connectivity index (χ1v) is 8.22. The Morgan fingerprint density at radius 2 is 2.08 bits per heavy atom. The van der Waals surface area contributed by atoms with Gasteiger partial charge in [0.25, 0.3) is 5.91 Å². The summed E-state index contributed by atoms with van der Waals surface area (Å²) in [6.07, 6.45) is 4.96. The molecule has 0 aliphatic rings. The van der Waals surface area contributed by atoms with Crippen molar-refractivity contribution < 1.29 is 9.18 Å². The first kappa shape index (κ1) is 17.8. The van der Waals surface area contributed by atoms with Gasteiger partial charge in [0, 0.05) is 31.5 Å². The van der Waals surface area contributed by atoms with Gasteiger partial charge in [0.2, 0.25) is 0 Å². The van der Waals surface area contributed by atoms with Gasteiger partial charge in [-0.3, -0.25) is 9.36 Å². The third-order valence-electron chi connectivity index (χ3n) is 3.62. The molecule has 0 saturated carbocycles. The summed E-state index contributed by atoms with van der Waals surface area (Å²) in [5.74, 6) is 1.28. The van der Waals surface area contributed by atoms with Crippen LogP contribution in [0.1, 0.15) is 16.2 Å². The van der Waals surface area contributed by atoms with Crippen LogP contribution in [0.15, 0.2) is 43.0 Å². The Balaban J connectivity index is 1.54. The number of hydrogen-bond acceptors (Lipinski definition) is 5. The summed E-state index contributed by atoms with van der Waals surface area (Å²) in [4.78, 5) is 24.6. The number of anilines is 1. The molecular weight excluding hydrogens is 359 g/mol. The number of aromatic nitrogens is 4. The van der Waals surface area contributed by atoms with Gasteiger partial charge in [-0.25, -0.2) is 19.3 Å². The van der Waals surface area contributed by atoms with E-state index in [1.807, 2.05) is 17.7 Å². The fourth-order valence-electron chi connectivity index (χ4n) is 2.33. The van der Waals surface area contributed by atoms with E-state index in [9.17, 15) is 9.18 Å². The number of benzene rings is 1. The Bertz CT molecular complexity index is 929. The number of nitrogens with zero attached hydrogens (tertiary/aromatic N) is 4. The topological polar surface area (TPSA) is 84.7 Å². The molecule has 0 aliphatic heterocycles. The SMILES string of the molecule is Cc1nccn1-c1cc(NCCNC(=O)c2ccc(F)cc2Cl)ncn1. The fourth-order valence-corrected chi connectivity index (χ4v) is 2.58. The number of hydrogen-bond donors (Lipinski definition) is 2. The third kappa shape index (κ3) is 4.15. The number of amides is 1. The third-order valence-corrected chi connectivity index (χ3v) is 3.93. The van der Waals surface area contributed by atoms with Crippen LogP contribution in [-0.2, 0) is 0 Å². The number of aryl methyl sites for hydroxylation is 1. The van der Waals surface area contributed by atoms with E-state index in [0.717, 1.165) is 11.9 Å². The van der Waals surface area contributed by atoms with Crippen molar-refractivity contribution in [2.24, 2.45) is 0 Å². The summed E-state index contributed by atoms with van der Waals surface area (Å²) in [5, 5.41) is 5.89. The number of imidazole rings is 1. The molecule has 0 spiro atoms. The minimum Gasteiger partial charge on any atom is -0.368 e. The molecular formula is C17H16ClFN6O.